The molecule has 1 aromatic rings. The molecular formula is C16H27N7OS. The lowest BCUT2D eigenvalue weighted by atomic mass is 10.3. The number of guanidine groups is 1. The number of aliphatic imine (C=N–C) groups is 1. The minimum atomic E-state index is 0.0116. The van der Waals surface area contributed by atoms with Crippen LogP contribution in [0.15, 0.2) is 4.99 Å². The van der Waals surface area contributed by atoms with Crippen molar-refractivity contribution in [3.8, 4) is 0 Å². The first-order chi connectivity index (χ1) is 12.2. The van der Waals surface area contributed by atoms with E-state index >= 15 is 0 Å². The molecule has 0 unspecified atom stereocenters. The van der Waals surface area contributed by atoms with Crippen LogP contribution in [0.5, 0.6) is 0 Å². The number of nitrogens with zero attached hydrogens (tertiary/aromatic N) is 5. The standard InChI is InChI=1S/C16H27N7OS/c1-3-13-20-16(25-21-13)23-9-7-22(8-10-23)15(17-4-2)18-11-14(24)19-12-5-6-12/h12H,3-11H2,1-2H3,(H,17,18)(H,19,24). The molecular weight excluding hydrogens is 338 g/mol. The quantitative estimate of drug-likeness (QED) is 0.563. The highest BCUT2D eigenvalue weighted by atomic mass is 32.1. The van der Waals surface area contributed by atoms with Crippen LogP contribution in [0, 0.1) is 0 Å². The first-order valence-electron chi connectivity index (χ1n) is 9.09. The summed E-state index contributed by atoms with van der Waals surface area (Å²) in [6.45, 7) is 8.59. The van der Waals surface area contributed by atoms with E-state index in [0.717, 1.165) is 68.9 Å². The number of aryl methyl sites for hydroxylation is 1. The number of aromatic nitrogens is 2. The number of carbonyl (C=O) groups is 1. The SMILES string of the molecule is CCNC(=NCC(=O)NC1CC1)N1CCN(c2nc(CC)ns2)CC1. The van der Waals surface area contributed by atoms with E-state index in [0.29, 0.717) is 6.04 Å². The van der Waals surface area contributed by atoms with E-state index in [1.807, 2.05) is 6.92 Å². The average molecular weight is 366 g/mol. The van der Waals surface area contributed by atoms with Crippen LogP contribution in [-0.2, 0) is 11.2 Å². The molecule has 0 aromatic carbocycles. The molecule has 3 rings (SSSR count). The largest absolute Gasteiger partial charge is 0.357 e. The number of rotatable bonds is 6. The van der Waals surface area contributed by atoms with Gasteiger partial charge >= 0.3 is 0 Å². The fraction of sp³-hybridized carbons (Fsp3) is 0.750. The van der Waals surface area contributed by atoms with Gasteiger partial charge in [0.05, 0.1) is 0 Å². The molecule has 1 aliphatic heterocycles. The fourth-order valence-corrected chi connectivity index (χ4v) is 3.50. The predicted molar refractivity (Wildman–Crippen MR) is 100 cm³/mol. The zero-order valence-corrected chi connectivity index (χ0v) is 15.8. The highest BCUT2D eigenvalue weighted by molar-refractivity contribution is 7.09. The van der Waals surface area contributed by atoms with E-state index in [-0.39, 0.29) is 12.5 Å². The topological polar surface area (TPSA) is 85.8 Å². The summed E-state index contributed by atoms with van der Waals surface area (Å²) in [6.07, 6.45) is 3.07. The minimum Gasteiger partial charge on any atom is -0.357 e. The van der Waals surface area contributed by atoms with Crippen molar-refractivity contribution in [2.24, 2.45) is 4.99 Å². The van der Waals surface area contributed by atoms with Crippen molar-refractivity contribution >= 4 is 28.5 Å². The van der Waals surface area contributed by atoms with Crippen molar-refractivity contribution < 1.29 is 4.79 Å². The molecule has 2 aliphatic rings. The van der Waals surface area contributed by atoms with Gasteiger partial charge in [-0.25, -0.2) is 9.98 Å². The first-order valence-corrected chi connectivity index (χ1v) is 9.87. The Labute approximate surface area is 152 Å². The van der Waals surface area contributed by atoms with Crippen molar-refractivity contribution in [2.75, 3.05) is 44.2 Å². The van der Waals surface area contributed by atoms with Crippen LogP contribution in [0.2, 0.25) is 0 Å². The maximum absolute atomic E-state index is 11.9. The van der Waals surface area contributed by atoms with Gasteiger partial charge < -0.3 is 20.4 Å². The van der Waals surface area contributed by atoms with Crippen molar-refractivity contribution in [3.63, 3.8) is 0 Å². The van der Waals surface area contributed by atoms with Crippen molar-refractivity contribution in [1.82, 2.24) is 24.9 Å². The number of piperazine rings is 1. The van der Waals surface area contributed by atoms with E-state index < -0.39 is 0 Å². The summed E-state index contributed by atoms with van der Waals surface area (Å²) in [7, 11) is 0. The molecule has 0 radical (unpaired) electrons. The Balaban J connectivity index is 1.53. The first kappa shape index (κ1) is 17.9. The van der Waals surface area contributed by atoms with Crippen LogP contribution in [0.4, 0.5) is 5.13 Å². The number of hydrogen-bond donors (Lipinski definition) is 2. The van der Waals surface area contributed by atoms with Gasteiger partial charge in [-0.1, -0.05) is 6.92 Å². The Morgan fingerprint density at radius 3 is 2.64 bits per heavy atom. The molecule has 138 valence electrons. The predicted octanol–water partition coefficient (Wildman–Crippen LogP) is 0.467. The van der Waals surface area contributed by atoms with E-state index in [9.17, 15) is 4.79 Å². The third kappa shape index (κ3) is 5.04. The summed E-state index contributed by atoms with van der Waals surface area (Å²) >= 11 is 1.47. The number of hydrogen-bond acceptors (Lipinski definition) is 6. The average Bonchev–Trinajstić information content (AvgIpc) is 3.31. The minimum absolute atomic E-state index is 0.0116. The van der Waals surface area contributed by atoms with E-state index in [2.05, 4.69) is 41.7 Å². The van der Waals surface area contributed by atoms with Gasteiger partial charge in [0.1, 0.15) is 12.4 Å². The molecule has 0 spiro atoms. The second-order valence-corrected chi connectivity index (χ2v) is 7.06. The van der Waals surface area contributed by atoms with Crippen molar-refractivity contribution in [3.05, 3.63) is 5.82 Å². The van der Waals surface area contributed by atoms with Gasteiger partial charge in [0, 0.05) is 56.7 Å². The number of nitrogens with one attached hydrogen (secondary N) is 2. The summed E-state index contributed by atoms with van der Waals surface area (Å²) in [6, 6.07) is 0.383. The smallest absolute Gasteiger partial charge is 0.242 e. The molecule has 0 bridgehead atoms. The monoisotopic (exact) mass is 365 g/mol. The van der Waals surface area contributed by atoms with E-state index in [1.54, 1.807) is 0 Å². The third-order valence-corrected chi connectivity index (χ3v) is 5.09. The normalized spacial score (nSPS) is 18.4. The second-order valence-electron chi connectivity index (χ2n) is 6.33. The number of carbonyl (C=O) groups excluding carboxylic acids is 1. The summed E-state index contributed by atoms with van der Waals surface area (Å²) in [5.74, 6) is 1.75. The fourth-order valence-electron chi connectivity index (χ4n) is 2.70. The summed E-state index contributed by atoms with van der Waals surface area (Å²) in [5.41, 5.74) is 0. The summed E-state index contributed by atoms with van der Waals surface area (Å²) < 4.78 is 4.37. The molecule has 2 fully saturated rings. The van der Waals surface area contributed by atoms with Gasteiger partial charge in [0.2, 0.25) is 11.0 Å². The Bertz CT molecular complexity index is 605. The Morgan fingerprint density at radius 1 is 1.28 bits per heavy atom. The van der Waals surface area contributed by atoms with Crippen LogP contribution >= 0.6 is 11.5 Å². The highest BCUT2D eigenvalue weighted by Crippen LogP contribution is 2.19. The van der Waals surface area contributed by atoms with Gasteiger partial charge in [-0.05, 0) is 19.8 Å². The molecule has 8 nitrogen and oxygen atoms in total. The molecule has 1 aromatic heterocycles. The zero-order valence-electron chi connectivity index (χ0n) is 15.0. The Kier molecular flexibility index (Phi) is 6.06. The van der Waals surface area contributed by atoms with Gasteiger partial charge in [-0.15, -0.1) is 0 Å². The molecule has 1 saturated heterocycles. The molecule has 2 N–H and O–H groups in total. The van der Waals surface area contributed by atoms with Gasteiger partial charge in [0.15, 0.2) is 5.96 Å². The van der Waals surface area contributed by atoms with Crippen LogP contribution in [0.3, 0.4) is 0 Å². The van der Waals surface area contributed by atoms with Crippen molar-refractivity contribution in [2.45, 2.75) is 39.2 Å². The lowest BCUT2D eigenvalue weighted by Gasteiger charge is -2.36. The number of amides is 1. The molecule has 1 amide bonds. The molecule has 0 atom stereocenters. The van der Waals surface area contributed by atoms with Crippen LogP contribution in [0.25, 0.3) is 0 Å². The van der Waals surface area contributed by atoms with Gasteiger partial charge in [-0.2, -0.15) is 4.37 Å². The Hall–Kier alpha value is -1.90. The van der Waals surface area contributed by atoms with Crippen LogP contribution in [-0.4, -0.2) is 71.4 Å². The lowest BCUT2D eigenvalue weighted by molar-refractivity contribution is -0.119. The summed E-state index contributed by atoms with van der Waals surface area (Å²) in [5, 5.41) is 7.27. The molecule has 25 heavy (non-hydrogen) atoms. The maximum atomic E-state index is 11.9. The molecule has 2 heterocycles. The third-order valence-electron chi connectivity index (χ3n) is 4.27. The van der Waals surface area contributed by atoms with Crippen LogP contribution < -0.4 is 15.5 Å². The van der Waals surface area contributed by atoms with E-state index in [4.69, 9.17) is 0 Å². The molecule has 9 heteroatoms. The Morgan fingerprint density at radius 2 is 2.04 bits per heavy atom. The van der Waals surface area contributed by atoms with Crippen molar-refractivity contribution in [1.29, 1.82) is 0 Å². The number of anilines is 1. The maximum Gasteiger partial charge on any atom is 0.242 e. The highest BCUT2D eigenvalue weighted by Gasteiger charge is 2.24. The second kappa shape index (κ2) is 8.46. The van der Waals surface area contributed by atoms with Gasteiger partial charge in [0.25, 0.3) is 0 Å². The molecule has 1 aliphatic carbocycles. The summed E-state index contributed by atoms with van der Waals surface area (Å²) in [4.78, 5) is 25.4. The van der Waals surface area contributed by atoms with E-state index in [1.165, 1.54) is 11.5 Å². The lowest BCUT2D eigenvalue weighted by Crippen LogP contribution is -2.52. The molecule has 1 saturated carbocycles. The van der Waals surface area contributed by atoms with Gasteiger partial charge in [-0.3, -0.25) is 4.79 Å². The zero-order chi connectivity index (χ0) is 17.6. The van der Waals surface area contributed by atoms with Crippen LogP contribution in [0.1, 0.15) is 32.5 Å².